The van der Waals surface area contributed by atoms with Crippen LogP contribution in [0.15, 0.2) is 24.3 Å². The molecule has 1 aromatic carbocycles. The van der Waals surface area contributed by atoms with Crippen molar-refractivity contribution in [1.82, 2.24) is 5.32 Å². The summed E-state index contributed by atoms with van der Waals surface area (Å²) in [7, 11) is 0. The highest BCUT2D eigenvalue weighted by molar-refractivity contribution is 5.84. The molecule has 3 heteroatoms. The summed E-state index contributed by atoms with van der Waals surface area (Å²) in [5.74, 6) is 0.747. The van der Waals surface area contributed by atoms with Crippen LogP contribution in [0.1, 0.15) is 37.8 Å². The topological polar surface area (TPSA) is 55.1 Å². The average molecular weight is 260 g/mol. The Balaban J connectivity index is 1.97. The number of hydrogen-bond acceptors (Lipinski definition) is 2. The van der Waals surface area contributed by atoms with Gasteiger partial charge in [0.15, 0.2) is 0 Å². The zero-order chi connectivity index (χ0) is 13.9. The van der Waals surface area contributed by atoms with Crippen molar-refractivity contribution < 1.29 is 4.79 Å². The molecule has 0 heterocycles. The van der Waals surface area contributed by atoms with Crippen LogP contribution in [-0.4, -0.2) is 12.5 Å². The lowest BCUT2D eigenvalue weighted by molar-refractivity contribution is -0.138. The second-order valence-electron chi connectivity index (χ2n) is 5.80. The molecule has 0 bridgehead atoms. The van der Waals surface area contributed by atoms with Crippen LogP contribution in [0, 0.1) is 11.3 Å². The van der Waals surface area contributed by atoms with E-state index < -0.39 is 0 Å². The maximum Gasteiger partial charge on any atom is 0.227 e. The third-order valence-electron chi connectivity index (χ3n) is 4.29. The summed E-state index contributed by atoms with van der Waals surface area (Å²) in [5.41, 5.74) is 8.00. The Morgan fingerprint density at radius 3 is 2.53 bits per heavy atom. The van der Waals surface area contributed by atoms with Crippen LogP contribution in [-0.2, 0) is 17.8 Å². The van der Waals surface area contributed by atoms with Crippen molar-refractivity contribution in [1.29, 1.82) is 0 Å². The molecule has 0 spiro atoms. The summed E-state index contributed by atoms with van der Waals surface area (Å²) in [6.45, 7) is 5.38. The van der Waals surface area contributed by atoms with Crippen molar-refractivity contribution in [2.24, 2.45) is 17.1 Å². The van der Waals surface area contributed by atoms with Crippen LogP contribution in [0.3, 0.4) is 0 Å². The van der Waals surface area contributed by atoms with Gasteiger partial charge in [-0.3, -0.25) is 4.79 Å². The first-order valence-electron chi connectivity index (χ1n) is 7.16. The lowest BCUT2D eigenvalue weighted by Crippen LogP contribution is -2.53. The molecule has 1 saturated carbocycles. The molecule has 0 radical (unpaired) electrons. The summed E-state index contributed by atoms with van der Waals surface area (Å²) in [6, 6.07) is 8.26. The number of benzene rings is 1. The summed E-state index contributed by atoms with van der Waals surface area (Å²) < 4.78 is 0. The van der Waals surface area contributed by atoms with Gasteiger partial charge in [0.2, 0.25) is 5.91 Å². The Hall–Kier alpha value is -1.35. The maximum absolute atomic E-state index is 12.3. The van der Waals surface area contributed by atoms with Gasteiger partial charge in [-0.25, -0.2) is 0 Å². The van der Waals surface area contributed by atoms with Crippen LogP contribution >= 0.6 is 0 Å². The smallest absolute Gasteiger partial charge is 0.227 e. The van der Waals surface area contributed by atoms with E-state index >= 15 is 0 Å². The van der Waals surface area contributed by atoms with Crippen molar-refractivity contribution in [3.05, 3.63) is 35.4 Å². The van der Waals surface area contributed by atoms with Gasteiger partial charge in [0.25, 0.3) is 0 Å². The second-order valence-corrected chi connectivity index (χ2v) is 5.80. The minimum absolute atomic E-state index is 0.124. The Morgan fingerprint density at radius 1 is 1.37 bits per heavy atom. The molecular weight excluding hydrogens is 236 g/mol. The fourth-order valence-corrected chi connectivity index (χ4v) is 3.16. The van der Waals surface area contributed by atoms with Crippen molar-refractivity contribution in [3.8, 4) is 0 Å². The Bertz CT molecular complexity index is 450. The molecule has 2 rings (SSSR count). The maximum atomic E-state index is 12.3. The van der Waals surface area contributed by atoms with Crippen LogP contribution in [0.4, 0.5) is 0 Å². The molecule has 1 aromatic rings. The van der Waals surface area contributed by atoms with Crippen LogP contribution in [0.5, 0.6) is 0 Å². The van der Waals surface area contributed by atoms with Gasteiger partial charge >= 0.3 is 0 Å². The standard InChI is InChI=1S/C16H24N2O/c1-3-13-6-4-5-7-14(13)10-18-15(19)16(11-17)8-12(2)9-16/h4-7,12H,3,8-11,17H2,1-2H3,(H,18,19). The summed E-state index contributed by atoms with van der Waals surface area (Å²) in [4.78, 5) is 12.3. The quantitative estimate of drug-likeness (QED) is 0.853. The number of amides is 1. The first-order chi connectivity index (χ1) is 9.11. The number of aryl methyl sites for hydroxylation is 1. The monoisotopic (exact) mass is 260 g/mol. The number of nitrogens with two attached hydrogens (primary N) is 1. The largest absolute Gasteiger partial charge is 0.351 e. The fraction of sp³-hybridized carbons (Fsp3) is 0.562. The highest BCUT2D eigenvalue weighted by atomic mass is 16.2. The predicted octanol–water partition coefficient (Wildman–Crippen LogP) is 2.24. The number of rotatable bonds is 5. The van der Waals surface area contributed by atoms with E-state index in [-0.39, 0.29) is 11.3 Å². The molecule has 0 atom stereocenters. The van der Waals surface area contributed by atoms with Crippen LogP contribution < -0.4 is 11.1 Å². The first-order valence-corrected chi connectivity index (χ1v) is 7.16. The molecular formula is C16H24N2O. The number of nitrogens with one attached hydrogen (secondary N) is 1. The molecule has 0 unspecified atom stereocenters. The number of hydrogen-bond donors (Lipinski definition) is 2. The fourth-order valence-electron chi connectivity index (χ4n) is 3.16. The van der Waals surface area contributed by atoms with Crippen LogP contribution in [0.2, 0.25) is 0 Å². The summed E-state index contributed by atoms with van der Waals surface area (Å²) in [5, 5.41) is 3.07. The SMILES string of the molecule is CCc1ccccc1CNC(=O)C1(CN)CC(C)C1. The average Bonchev–Trinajstić information content (AvgIpc) is 2.41. The number of carbonyl (C=O) groups excluding carboxylic acids is 1. The van der Waals surface area contributed by atoms with Crippen molar-refractivity contribution in [2.45, 2.75) is 39.7 Å². The zero-order valence-corrected chi connectivity index (χ0v) is 11.9. The lowest BCUT2D eigenvalue weighted by Gasteiger charge is -2.44. The van der Waals surface area contributed by atoms with Crippen molar-refractivity contribution in [2.75, 3.05) is 6.54 Å². The van der Waals surface area contributed by atoms with Crippen molar-refractivity contribution in [3.63, 3.8) is 0 Å². The zero-order valence-electron chi connectivity index (χ0n) is 11.9. The highest BCUT2D eigenvalue weighted by Crippen LogP contribution is 2.44. The van der Waals surface area contributed by atoms with E-state index in [1.165, 1.54) is 11.1 Å². The third kappa shape index (κ3) is 2.81. The van der Waals surface area contributed by atoms with Gasteiger partial charge in [-0.2, -0.15) is 0 Å². The summed E-state index contributed by atoms with van der Waals surface area (Å²) in [6.07, 6.45) is 2.83. The Labute approximate surface area is 115 Å². The predicted molar refractivity (Wildman–Crippen MR) is 77.6 cm³/mol. The van der Waals surface area contributed by atoms with E-state index in [0.29, 0.717) is 19.0 Å². The Morgan fingerprint density at radius 2 is 2.00 bits per heavy atom. The van der Waals surface area contributed by atoms with Gasteiger partial charge in [0.1, 0.15) is 0 Å². The molecule has 0 aromatic heterocycles. The number of carbonyl (C=O) groups is 1. The molecule has 1 amide bonds. The molecule has 1 aliphatic carbocycles. The molecule has 1 fully saturated rings. The molecule has 104 valence electrons. The van der Waals surface area contributed by atoms with Gasteiger partial charge in [-0.15, -0.1) is 0 Å². The second kappa shape index (κ2) is 5.74. The normalized spacial score (nSPS) is 25.7. The molecule has 3 nitrogen and oxygen atoms in total. The lowest BCUT2D eigenvalue weighted by atomic mass is 9.62. The van der Waals surface area contributed by atoms with E-state index in [1.807, 2.05) is 12.1 Å². The van der Waals surface area contributed by atoms with Gasteiger partial charge in [0, 0.05) is 13.1 Å². The van der Waals surface area contributed by atoms with E-state index in [0.717, 1.165) is 19.3 Å². The van der Waals surface area contributed by atoms with E-state index in [4.69, 9.17) is 5.73 Å². The van der Waals surface area contributed by atoms with Gasteiger partial charge in [0.05, 0.1) is 5.41 Å². The van der Waals surface area contributed by atoms with Gasteiger partial charge in [-0.1, -0.05) is 38.1 Å². The van der Waals surface area contributed by atoms with Crippen LogP contribution in [0.25, 0.3) is 0 Å². The molecule has 0 aliphatic heterocycles. The molecule has 1 aliphatic rings. The Kier molecular flexibility index (Phi) is 4.25. The van der Waals surface area contributed by atoms with E-state index in [9.17, 15) is 4.79 Å². The minimum Gasteiger partial charge on any atom is -0.351 e. The summed E-state index contributed by atoms with van der Waals surface area (Å²) >= 11 is 0. The third-order valence-corrected chi connectivity index (χ3v) is 4.29. The first kappa shape index (κ1) is 14.1. The molecule has 3 N–H and O–H groups in total. The van der Waals surface area contributed by atoms with E-state index in [1.54, 1.807) is 0 Å². The molecule has 0 saturated heterocycles. The van der Waals surface area contributed by atoms with Gasteiger partial charge in [-0.05, 0) is 36.3 Å². The van der Waals surface area contributed by atoms with Gasteiger partial charge < -0.3 is 11.1 Å². The van der Waals surface area contributed by atoms with E-state index in [2.05, 4.69) is 31.3 Å². The molecule has 19 heavy (non-hydrogen) atoms. The minimum atomic E-state index is -0.305. The highest BCUT2D eigenvalue weighted by Gasteiger charge is 2.46. The van der Waals surface area contributed by atoms with Crippen molar-refractivity contribution >= 4 is 5.91 Å².